The van der Waals surface area contributed by atoms with E-state index in [1.54, 1.807) is 17.2 Å². The van der Waals surface area contributed by atoms with Gasteiger partial charge in [0.2, 0.25) is 5.91 Å². The lowest BCUT2D eigenvalue weighted by Gasteiger charge is -2.29. The van der Waals surface area contributed by atoms with Crippen molar-refractivity contribution in [1.29, 1.82) is 0 Å². The molecule has 2 heterocycles. The van der Waals surface area contributed by atoms with Gasteiger partial charge >= 0.3 is 0 Å². The molecule has 8 heteroatoms. The number of rotatable bonds is 3. The Kier molecular flexibility index (Phi) is 5.26. The van der Waals surface area contributed by atoms with Crippen LogP contribution in [0.5, 0.6) is 0 Å². The molecular formula is C23H15BrCl2N2O3. The number of benzene rings is 3. The van der Waals surface area contributed by atoms with Gasteiger partial charge in [-0.25, -0.2) is 9.96 Å². The fourth-order valence-corrected chi connectivity index (χ4v) is 5.05. The van der Waals surface area contributed by atoms with E-state index >= 15 is 0 Å². The number of halogens is 3. The van der Waals surface area contributed by atoms with E-state index in [1.165, 1.54) is 6.07 Å². The Labute approximate surface area is 197 Å². The standard InChI is InChI=1S/C23H15BrCl2N2O3/c24-14-6-4-5-13(11-14)20-19-21(31-28(20)16-7-2-1-3-8-16)23(30)27(22(19)29)18-10-9-15(25)12-17(18)26/h1-12,19-21H. The van der Waals surface area contributed by atoms with Gasteiger partial charge in [-0.15, -0.1) is 0 Å². The molecule has 2 saturated heterocycles. The maximum atomic E-state index is 13.6. The Balaban J connectivity index is 1.60. The molecule has 0 radical (unpaired) electrons. The first-order valence-corrected chi connectivity index (χ1v) is 11.1. The summed E-state index contributed by atoms with van der Waals surface area (Å²) >= 11 is 15.8. The third-order valence-corrected chi connectivity index (χ3v) is 6.50. The Bertz CT molecular complexity index is 1190. The van der Waals surface area contributed by atoms with Crippen molar-refractivity contribution in [2.24, 2.45) is 5.92 Å². The van der Waals surface area contributed by atoms with Crippen LogP contribution in [0.25, 0.3) is 0 Å². The summed E-state index contributed by atoms with van der Waals surface area (Å²) in [6.07, 6.45) is -0.955. The molecule has 0 spiro atoms. The van der Waals surface area contributed by atoms with Crippen molar-refractivity contribution in [3.05, 3.63) is 92.9 Å². The lowest BCUT2D eigenvalue weighted by Crippen LogP contribution is -2.37. The summed E-state index contributed by atoms with van der Waals surface area (Å²) in [4.78, 5) is 34.1. The number of para-hydroxylation sites is 1. The number of hydroxylamine groups is 1. The number of carbonyl (C=O) groups is 2. The molecule has 2 aliphatic heterocycles. The molecule has 0 N–H and O–H groups in total. The van der Waals surface area contributed by atoms with E-state index in [9.17, 15) is 9.59 Å². The molecule has 2 aliphatic rings. The van der Waals surface area contributed by atoms with Crippen molar-refractivity contribution in [3.63, 3.8) is 0 Å². The number of hydrogen-bond donors (Lipinski definition) is 0. The fraction of sp³-hybridized carbons (Fsp3) is 0.130. The van der Waals surface area contributed by atoms with Crippen LogP contribution in [-0.2, 0) is 14.4 Å². The molecule has 3 atom stereocenters. The normalized spacial score (nSPS) is 22.9. The van der Waals surface area contributed by atoms with Crippen LogP contribution in [-0.4, -0.2) is 17.9 Å². The van der Waals surface area contributed by atoms with Gasteiger partial charge < -0.3 is 0 Å². The number of imide groups is 1. The van der Waals surface area contributed by atoms with Crippen molar-refractivity contribution in [1.82, 2.24) is 0 Å². The molecule has 0 aromatic heterocycles. The highest BCUT2D eigenvalue weighted by Gasteiger charge is 2.60. The molecule has 3 aromatic carbocycles. The summed E-state index contributed by atoms with van der Waals surface area (Å²) in [7, 11) is 0. The van der Waals surface area contributed by atoms with E-state index < -0.39 is 24.0 Å². The molecule has 3 unspecified atom stereocenters. The number of hydrogen-bond acceptors (Lipinski definition) is 4. The van der Waals surface area contributed by atoms with Gasteiger partial charge in [0.05, 0.1) is 22.4 Å². The minimum Gasteiger partial charge on any atom is -0.273 e. The fourth-order valence-electron chi connectivity index (χ4n) is 4.14. The zero-order valence-corrected chi connectivity index (χ0v) is 19.0. The summed E-state index contributed by atoms with van der Waals surface area (Å²) in [5.41, 5.74) is 1.92. The molecule has 2 fully saturated rings. The first kappa shape index (κ1) is 20.5. The minimum absolute atomic E-state index is 0.230. The van der Waals surface area contributed by atoms with Crippen LogP contribution in [0.15, 0.2) is 77.3 Å². The lowest BCUT2D eigenvalue weighted by atomic mass is 9.90. The van der Waals surface area contributed by atoms with Gasteiger partial charge in [-0.1, -0.05) is 69.5 Å². The Morgan fingerprint density at radius 2 is 1.65 bits per heavy atom. The molecule has 156 valence electrons. The Hall–Kier alpha value is -2.38. The molecule has 5 nitrogen and oxygen atoms in total. The Morgan fingerprint density at radius 1 is 0.871 bits per heavy atom. The highest BCUT2D eigenvalue weighted by molar-refractivity contribution is 9.10. The monoisotopic (exact) mass is 516 g/mol. The Morgan fingerprint density at radius 3 is 2.35 bits per heavy atom. The van der Waals surface area contributed by atoms with Crippen LogP contribution in [0.4, 0.5) is 11.4 Å². The molecule has 31 heavy (non-hydrogen) atoms. The van der Waals surface area contributed by atoms with Gasteiger partial charge in [-0.2, -0.15) is 0 Å². The molecule has 2 amide bonds. The summed E-state index contributed by atoms with van der Waals surface area (Å²) < 4.78 is 0.871. The van der Waals surface area contributed by atoms with Crippen LogP contribution in [0, 0.1) is 5.92 Å². The quantitative estimate of drug-likeness (QED) is 0.411. The second kappa shape index (κ2) is 7.95. The number of carbonyl (C=O) groups excluding carboxylic acids is 2. The van der Waals surface area contributed by atoms with E-state index in [4.69, 9.17) is 28.0 Å². The van der Waals surface area contributed by atoms with Gasteiger partial charge in [0.25, 0.3) is 5.91 Å². The van der Waals surface area contributed by atoms with Crippen LogP contribution >= 0.6 is 39.1 Å². The van der Waals surface area contributed by atoms with Crippen molar-refractivity contribution >= 4 is 62.3 Å². The van der Waals surface area contributed by atoms with Crippen LogP contribution in [0.1, 0.15) is 11.6 Å². The third kappa shape index (κ3) is 3.44. The second-order valence-corrected chi connectivity index (χ2v) is 9.08. The van der Waals surface area contributed by atoms with Gasteiger partial charge in [0, 0.05) is 9.50 Å². The maximum Gasteiger partial charge on any atom is 0.266 e. The number of fused-ring (bicyclic) bond motifs is 1. The van der Waals surface area contributed by atoms with Gasteiger partial charge in [0.15, 0.2) is 6.10 Å². The molecular weight excluding hydrogens is 503 g/mol. The second-order valence-electron chi connectivity index (χ2n) is 7.32. The largest absolute Gasteiger partial charge is 0.273 e. The van der Waals surface area contributed by atoms with Gasteiger partial charge in [0.1, 0.15) is 5.92 Å². The molecule has 3 aromatic rings. The molecule has 0 saturated carbocycles. The van der Waals surface area contributed by atoms with Crippen molar-refractivity contribution in [2.75, 3.05) is 9.96 Å². The third-order valence-electron chi connectivity index (χ3n) is 5.47. The first-order chi connectivity index (χ1) is 15.0. The van der Waals surface area contributed by atoms with Crippen molar-refractivity contribution in [2.45, 2.75) is 12.1 Å². The average Bonchev–Trinajstić information content (AvgIpc) is 3.26. The predicted molar refractivity (Wildman–Crippen MR) is 123 cm³/mol. The summed E-state index contributed by atoms with van der Waals surface area (Å²) in [5, 5.41) is 2.31. The number of nitrogens with zero attached hydrogens (tertiary/aromatic N) is 2. The predicted octanol–water partition coefficient (Wildman–Crippen LogP) is 5.81. The zero-order valence-electron chi connectivity index (χ0n) is 15.9. The molecule has 0 bridgehead atoms. The molecule has 0 aliphatic carbocycles. The van der Waals surface area contributed by atoms with E-state index in [2.05, 4.69) is 15.9 Å². The smallest absolute Gasteiger partial charge is 0.266 e. The highest BCUT2D eigenvalue weighted by Crippen LogP contribution is 2.48. The maximum absolute atomic E-state index is 13.6. The number of amides is 2. The highest BCUT2D eigenvalue weighted by atomic mass is 79.9. The number of anilines is 2. The van der Waals surface area contributed by atoms with Crippen LogP contribution in [0.3, 0.4) is 0 Å². The topological polar surface area (TPSA) is 49.9 Å². The molecule has 5 rings (SSSR count). The zero-order chi connectivity index (χ0) is 21.7. The van der Waals surface area contributed by atoms with E-state index in [0.717, 1.165) is 20.6 Å². The minimum atomic E-state index is -0.955. The van der Waals surface area contributed by atoms with E-state index in [1.807, 2.05) is 54.6 Å². The SMILES string of the molecule is O=C1C2ON(c3ccccc3)C(c3cccc(Br)c3)C2C(=O)N1c1ccc(Cl)cc1Cl. The summed E-state index contributed by atoms with van der Waals surface area (Å²) in [6, 6.07) is 21.3. The van der Waals surface area contributed by atoms with Crippen molar-refractivity contribution < 1.29 is 14.4 Å². The first-order valence-electron chi connectivity index (χ1n) is 9.55. The average molecular weight is 518 g/mol. The van der Waals surface area contributed by atoms with Gasteiger partial charge in [-0.05, 0) is 48.0 Å². The van der Waals surface area contributed by atoms with Gasteiger partial charge in [-0.3, -0.25) is 14.4 Å². The summed E-state index contributed by atoms with van der Waals surface area (Å²) in [5.74, 6) is -1.53. The summed E-state index contributed by atoms with van der Waals surface area (Å²) in [6.45, 7) is 0. The van der Waals surface area contributed by atoms with E-state index in [0.29, 0.717) is 10.7 Å². The van der Waals surface area contributed by atoms with Crippen LogP contribution < -0.4 is 9.96 Å². The van der Waals surface area contributed by atoms with Crippen molar-refractivity contribution in [3.8, 4) is 0 Å². The lowest BCUT2D eigenvalue weighted by molar-refractivity contribution is -0.126. The van der Waals surface area contributed by atoms with Crippen LogP contribution in [0.2, 0.25) is 10.0 Å². The van der Waals surface area contributed by atoms with E-state index in [-0.39, 0.29) is 10.9 Å².